The van der Waals surface area contributed by atoms with Gasteiger partial charge in [-0.3, -0.25) is 0 Å². The van der Waals surface area contributed by atoms with E-state index in [0.29, 0.717) is 12.0 Å². The maximum Gasteiger partial charge on any atom is 0.0667 e. The van der Waals surface area contributed by atoms with Crippen LogP contribution in [0.3, 0.4) is 0 Å². The third-order valence-corrected chi connectivity index (χ3v) is 2.67. The molecule has 0 aromatic carbocycles. The lowest BCUT2D eigenvalue weighted by molar-refractivity contribution is 0.117. The molecule has 3 heteroatoms. The molecule has 0 aromatic rings. The van der Waals surface area contributed by atoms with Gasteiger partial charge >= 0.3 is 0 Å². The van der Waals surface area contributed by atoms with Crippen LogP contribution in [-0.2, 0) is 4.74 Å². The van der Waals surface area contributed by atoms with E-state index in [1.807, 2.05) is 0 Å². The third-order valence-electron chi connectivity index (χ3n) is 2.15. The van der Waals surface area contributed by atoms with Crippen molar-refractivity contribution in [2.45, 2.75) is 32.8 Å². The van der Waals surface area contributed by atoms with Crippen molar-refractivity contribution in [2.24, 2.45) is 5.92 Å². The summed E-state index contributed by atoms with van der Waals surface area (Å²) in [5.41, 5.74) is 0. The molecule has 2 unspecified atom stereocenters. The van der Waals surface area contributed by atoms with Crippen molar-refractivity contribution < 1.29 is 4.74 Å². The zero-order chi connectivity index (χ0) is 10.1. The average molecular weight is 208 g/mol. The first kappa shape index (κ1) is 13.2. The molecule has 80 valence electrons. The Bertz CT molecular complexity index is 99.1. The van der Waals surface area contributed by atoms with E-state index >= 15 is 0 Å². The summed E-state index contributed by atoms with van der Waals surface area (Å²) in [6, 6.07) is 0. The Balaban J connectivity index is 3.08. The van der Waals surface area contributed by atoms with Gasteiger partial charge in [0, 0.05) is 19.5 Å². The van der Waals surface area contributed by atoms with E-state index < -0.39 is 0 Å². The molecule has 0 radical (unpaired) electrons. The van der Waals surface area contributed by atoms with Crippen LogP contribution in [0.25, 0.3) is 0 Å². The van der Waals surface area contributed by atoms with E-state index in [9.17, 15) is 0 Å². The van der Waals surface area contributed by atoms with E-state index in [4.69, 9.17) is 16.3 Å². The van der Waals surface area contributed by atoms with Gasteiger partial charge < -0.3 is 10.1 Å². The highest BCUT2D eigenvalue weighted by atomic mass is 35.5. The first-order valence-electron chi connectivity index (χ1n) is 5.00. The van der Waals surface area contributed by atoms with Gasteiger partial charge in [0.15, 0.2) is 0 Å². The summed E-state index contributed by atoms with van der Waals surface area (Å²) in [5, 5.41) is 3.35. The average Bonchev–Trinajstić information content (AvgIpc) is 2.16. The Morgan fingerprint density at radius 1 is 1.38 bits per heavy atom. The van der Waals surface area contributed by atoms with Crippen LogP contribution in [0.2, 0.25) is 0 Å². The van der Waals surface area contributed by atoms with Crippen molar-refractivity contribution in [3.8, 4) is 0 Å². The predicted molar refractivity (Wildman–Crippen MR) is 58.5 cm³/mol. The van der Waals surface area contributed by atoms with Crippen LogP contribution in [0.5, 0.6) is 0 Å². The second-order valence-corrected chi connectivity index (χ2v) is 3.96. The SMILES string of the molecule is COC(C)CNCCCC(C)CCl. The summed E-state index contributed by atoms with van der Waals surface area (Å²) in [6.07, 6.45) is 2.72. The maximum absolute atomic E-state index is 5.70. The number of hydrogen-bond acceptors (Lipinski definition) is 2. The van der Waals surface area contributed by atoms with Crippen LogP contribution >= 0.6 is 11.6 Å². The highest BCUT2D eigenvalue weighted by Crippen LogP contribution is 2.05. The number of alkyl halides is 1. The molecule has 0 spiro atoms. The number of halogens is 1. The zero-order valence-corrected chi connectivity index (χ0v) is 9.73. The highest BCUT2D eigenvalue weighted by molar-refractivity contribution is 6.18. The largest absolute Gasteiger partial charge is 0.380 e. The molecule has 0 bridgehead atoms. The van der Waals surface area contributed by atoms with E-state index in [1.54, 1.807) is 7.11 Å². The number of methoxy groups -OCH3 is 1. The summed E-state index contributed by atoms with van der Waals surface area (Å²) in [6.45, 7) is 6.25. The molecule has 0 aromatic heterocycles. The van der Waals surface area contributed by atoms with E-state index in [2.05, 4.69) is 19.2 Å². The van der Waals surface area contributed by atoms with E-state index in [-0.39, 0.29) is 0 Å². The van der Waals surface area contributed by atoms with Crippen LogP contribution in [0.4, 0.5) is 0 Å². The lowest BCUT2D eigenvalue weighted by Crippen LogP contribution is -2.27. The Kier molecular flexibility index (Phi) is 8.93. The molecule has 0 heterocycles. The topological polar surface area (TPSA) is 21.3 Å². The third kappa shape index (κ3) is 8.54. The smallest absolute Gasteiger partial charge is 0.0667 e. The molecule has 1 N–H and O–H groups in total. The molecule has 0 rings (SSSR count). The Morgan fingerprint density at radius 2 is 2.08 bits per heavy atom. The fourth-order valence-corrected chi connectivity index (χ4v) is 1.20. The molecule has 0 saturated carbocycles. The van der Waals surface area contributed by atoms with Gasteiger partial charge in [-0.05, 0) is 32.2 Å². The minimum absolute atomic E-state index is 0.311. The highest BCUT2D eigenvalue weighted by Gasteiger charge is 2.00. The molecule has 13 heavy (non-hydrogen) atoms. The minimum atomic E-state index is 0.311. The molecular formula is C10H22ClNO. The lowest BCUT2D eigenvalue weighted by atomic mass is 10.1. The fourth-order valence-electron chi connectivity index (χ4n) is 1.04. The van der Waals surface area contributed by atoms with Crippen molar-refractivity contribution >= 4 is 11.6 Å². The quantitative estimate of drug-likeness (QED) is 0.487. The molecule has 0 fully saturated rings. The summed E-state index contributed by atoms with van der Waals surface area (Å²) >= 11 is 5.70. The molecule has 0 aliphatic heterocycles. The van der Waals surface area contributed by atoms with Gasteiger partial charge in [0.05, 0.1) is 6.10 Å². The van der Waals surface area contributed by atoms with Gasteiger partial charge in [0.25, 0.3) is 0 Å². The summed E-state index contributed by atoms with van der Waals surface area (Å²) < 4.78 is 5.12. The monoisotopic (exact) mass is 207 g/mol. The van der Waals surface area contributed by atoms with Crippen molar-refractivity contribution in [1.29, 1.82) is 0 Å². The predicted octanol–water partition coefficient (Wildman–Crippen LogP) is 2.27. The van der Waals surface area contributed by atoms with Crippen LogP contribution < -0.4 is 5.32 Å². The number of hydrogen-bond donors (Lipinski definition) is 1. The Hall–Kier alpha value is 0.210. The van der Waals surface area contributed by atoms with Crippen LogP contribution in [-0.4, -0.2) is 32.2 Å². The van der Waals surface area contributed by atoms with Crippen LogP contribution in [0, 0.1) is 5.92 Å². The van der Waals surface area contributed by atoms with Gasteiger partial charge in [-0.15, -0.1) is 11.6 Å². The Labute approximate surface area is 87.0 Å². The maximum atomic E-state index is 5.70. The van der Waals surface area contributed by atoms with Crippen molar-refractivity contribution in [2.75, 3.05) is 26.1 Å². The molecule has 0 aliphatic rings. The van der Waals surface area contributed by atoms with E-state index in [1.165, 1.54) is 12.8 Å². The second kappa shape index (κ2) is 8.79. The number of nitrogens with one attached hydrogen (secondary N) is 1. The van der Waals surface area contributed by atoms with Crippen LogP contribution in [0.1, 0.15) is 26.7 Å². The van der Waals surface area contributed by atoms with Gasteiger partial charge in [-0.25, -0.2) is 0 Å². The van der Waals surface area contributed by atoms with Gasteiger partial charge in [0.1, 0.15) is 0 Å². The van der Waals surface area contributed by atoms with E-state index in [0.717, 1.165) is 19.0 Å². The normalized spacial score (nSPS) is 15.7. The van der Waals surface area contributed by atoms with Gasteiger partial charge in [-0.2, -0.15) is 0 Å². The molecular weight excluding hydrogens is 186 g/mol. The standard InChI is InChI=1S/C10H22ClNO/c1-9(7-11)5-4-6-12-8-10(2)13-3/h9-10,12H,4-8H2,1-3H3. The molecule has 0 saturated heterocycles. The first-order chi connectivity index (χ1) is 6.20. The molecule has 0 aliphatic carbocycles. The van der Waals surface area contributed by atoms with Crippen molar-refractivity contribution in [3.05, 3.63) is 0 Å². The Morgan fingerprint density at radius 3 is 2.62 bits per heavy atom. The summed E-state index contributed by atoms with van der Waals surface area (Å²) in [5.74, 6) is 1.41. The number of ether oxygens (including phenoxy) is 1. The van der Waals surface area contributed by atoms with Crippen molar-refractivity contribution in [1.82, 2.24) is 5.32 Å². The number of rotatable bonds is 8. The minimum Gasteiger partial charge on any atom is -0.380 e. The van der Waals surface area contributed by atoms with Crippen LogP contribution in [0.15, 0.2) is 0 Å². The van der Waals surface area contributed by atoms with Gasteiger partial charge in [-0.1, -0.05) is 6.92 Å². The molecule has 2 nitrogen and oxygen atoms in total. The van der Waals surface area contributed by atoms with Gasteiger partial charge in [0.2, 0.25) is 0 Å². The molecule has 0 amide bonds. The van der Waals surface area contributed by atoms with Crippen molar-refractivity contribution in [3.63, 3.8) is 0 Å². The summed E-state index contributed by atoms with van der Waals surface area (Å²) in [7, 11) is 1.74. The first-order valence-corrected chi connectivity index (χ1v) is 5.53. The zero-order valence-electron chi connectivity index (χ0n) is 8.98. The molecule has 2 atom stereocenters. The summed E-state index contributed by atoms with van der Waals surface area (Å²) in [4.78, 5) is 0. The second-order valence-electron chi connectivity index (χ2n) is 3.65. The lowest BCUT2D eigenvalue weighted by Gasteiger charge is -2.11. The fraction of sp³-hybridized carbons (Fsp3) is 1.00.